The predicted molar refractivity (Wildman–Crippen MR) is 62.2 cm³/mol. The fourth-order valence-electron chi connectivity index (χ4n) is 2.22. The molecule has 2 heteroatoms. The second-order valence-electron chi connectivity index (χ2n) is 4.19. The minimum absolute atomic E-state index is 0.540. The van der Waals surface area contributed by atoms with Crippen LogP contribution in [0.15, 0.2) is 24.3 Å². The molecule has 82 valence electrons. The molecule has 0 aliphatic carbocycles. The molecule has 1 aromatic rings. The SMILES string of the molecule is COc1ccc(C(C)N2CCCC2)cc1. The van der Waals surface area contributed by atoms with Crippen LogP contribution in [0.5, 0.6) is 5.75 Å². The summed E-state index contributed by atoms with van der Waals surface area (Å²) in [6.07, 6.45) is 2.70. The van der Waals surface area contributed by atoms with E-state index in [9.17, 15) is 0 Å². The van der Waals surface area contributed by atoms with E-state index >= 15 is 0 Å². The van der Waals surface area contributed by atoms with Gasteiger partial charge in [0, 0.05) is 6.04 Å². The van der Waals surface area contributed by atoms with Gasteiger partial charge in [-0.05, 0) is 50.6 Å². The van der Waals surface area contributed by atoms with E-state index in [1.54, 1.807) is 7.11 Å². The van der Waals surface area contributed by atoms with Crippen LogP contribution in [0.1, 0.15) is 31.4 Å². The average Bonchev–Trinajstić information content (AvgIpc) is 2.82. The maximum absolute atomic E-state index is 5.16. The molecule has 1 aromatic carbocycles. The average molecular weight is 205 g/mol. The topological polar surface area (TPSA) is 12.5 Å². The molecule has 0 spiro atoms. The largest absolute Gasteiger partial charge is 0.497 e. The lowest BCUT2D eigenvalue weighted by Crippen LogP contribution is -2.23. The van der Waals surface area contributed by atoms with Gasteiger partial charge in [0.1, 0.15) is 5.75 Å². The van der Waals surface area contributed by atoms with E-state index in [2.05, 4.69) is 24.0 Å². The molecule has 1 aliphatic heterocycles. The number of likely N-dealkylation sites (tertiary alicyclic amines) is 1. The van der Waals surface area contributed by atoms with Crippen LogP contribution < -0.4 is 4.74 Å². The molecule has 0 N–H and O–H groups in total. The third-order valence-corrected chi connectivity index (χ3v) is 3.29. The van der Waals surface area contributed by atoms with Gasteiger partial charge in [-0.2, -0.15) is 0 Å². The van der Waals surface area contributed by atoms with Crippen molar-refractivity contribution in [3.8, 4) is 5.75 Å². The summed E-state index contributed by atoms with van der Waals surface area (Å²) in [7, 11) is 1.71. The van der Waals surface area contributed by atoms with E-state index in [0.717, 1.165) is 5.75 Å². The standard InChI is InChI=1S/C13H19NO/c1-11(14-9-3-4-10-14)12-5-7-13(15-2)8-6-12/h5-8,11H,3-4,9-10H2,1-2H3. The highest BCUT2D eigenvalue weighted by Gasteiger charge is 2.18. The first kappa shape index (κ1) is 10.5. The second kappa shape index (κ2) is 4.67. The summed E-state index contributed by atoms with van der Waals surface area (Å²) in [5, 5.41) is 0. The fraction of sp³-hybridized carbons (Fsp3) is 0.538. The lowest BCUT2D eigenvalue weighted by atomic mass is 10.1. The summed E-state index contributed by atoms with van der Waals surface area (Å²) in [5.41, 5.74) is 1.39. The number of hydrogen-bond acceptors (Lipinski definition) is 2. The Morgan fingerprint density at radius 3 is 2.27 bits per heavy atom. The van der Waals surface area contributed by atoms with Crippen molar-refractivity contribution in [3.63, 3.8) is 0 Å². The van der Waals surface area contributed by atoms with Gasteiger partial charge in [0.2, 0.25) is 0 Å². The van der Waals surface area contributed by atoms with Gasteiger partial charge >= 0.3 is 0 Å². The summed E-state index contributed by atoms with van der Waals surface area (Å²) in [6, 6.07) is 8.96. The van der Waals surface area contributed by atoms with Gasteiger partial charge in [0.05, 0.1) is 7.11 Å². The third-order valence-electron chi connectivity index (χ3n) is 3.29. The molecule has 0 amide bonds. The van der Waals surface area contributed by atoms with E-state index in [1.807, 2.05) is 12.1 Å². The van der Waals surface area contributed by atoms with Crippen LogP contribution in [0, 0.1) is 0 Å². The summed E-state index contributed by atoms with van der Waals surface area (Å²) < 4.78 is 5.16. The van der Waals surface area contributed by atoms with Crippen LogP contribution in [0.3, 0.4) is 0 Å². The monoisotopic (exact) mass is 205 g/mol. The number of benzene rings is 1. The molecule has 2 nitrogen and oxygen atoms in total. The molecule has 0 bridgehead atoms. The predicted octanol–water partition coefficient (Wildman–Crippen LogP) is 2.85. The zero-order valence-electron chi connectivity index (χ0n) is 9.57. The Morgan fingerprint density at radius 1 is 1.13 bits per heavy atom. The van der Waals surface area contributed by atoms with E-state index in [-0.39, 0.29) is 0 Å². The quantitative estimate of drug-likeness (QED) is 0.752. The maximum Gasteiger partial charge on any atom is 0.118 e. The summed E-state index contributed by atoms with van der Waals surface area (Å²) in [5.74, 6) is 0.937. The van der Waals surface area contributed by atoms with Gasteiger partial charge in [0.15, 0.2) is 0 Å². The van der Waals surface area contributed by atoms with E-state index in [4.69, 9.17) is 4.74 Å². The summed E-state index contributed by atoms with van der Waals surface area (Å²) in [6.45, 7) is 4.77. The molecular formula is C13H19NO. The van der Waals surface area contributed by atoms with Crippen molar-refractivity contribution in [2.75, 3.05) is 20.2 Å². The minimum Gasteiger partial charge on any atom is -0.497 e. The molecular weight excluding hydrogens is 186 g/mol. The van der Waals surface area contributed by atoms with Crippen LogP contribution in [-0.4, -0.2) is 25.1 Å². The highest BCUT2D eigenvalue weighted by atomic mass is 16.5. The molecule has 15 heavy (non-hydrogen) atoms. The van der Waals surface area contributed by atoms with Crippen molar-refractivity contribution in [1.29, 1.82) is 0 Å². The zero-order chi connectivity index (χ0) is 10.7. The molecule has 1 unspecified atom stereocenters. The molecule has 1 atom stereocenters. The normalized spacial score (nSPS) is 19.1. The first-order chi connectivity index (χ1) is 7.31. The van der Waals surface area contributed by atoms with Gasteiger partial charge < -0.3 is 4.74 Å². The lowest BCUT2D eigenvalue weighted by molar-refractivity contribution is 0.263. The number of rotatable bonds is 3. The highest BCUT2D eigenvalue weighted by molar-refractivity contribution is 5.28. The molecule has 0 saturated carbocycles. The van der Waals surface area contributed by atoms with Gasteiger partial charge in [0.25, 0.3) is 0 Å². The molecule has 1 fully saturated rings. The summed E-state index contributed by atoms with van der Waals surface area (Å²) >= 11 is 0. The Balaban J connectivity index is 2.07. The van der Waals surface area contributed by atoms with Gasteiger partial charge in [-0.25, -0.2) is 0 Å². The number of ether oxygens (including phenoxy) is 1. The Morgan fingerprint density at radius 2 is 1.73 bits per heavy atom. The van der Waals surface area contributed by atoms with E-state index in [1.165, 1.54) is 31.5 Å². The smallest absolute Gasteiger partial charge is 0.118 e. The first-order valence-electron chi connectivity index (χ1n) is 5.69. The van der Waals surface area contributed by atoms with Gasteiger partial charge in [-0.15, -0.1) is 0 Å². The van der Waals surface area contributed by atoms with Crippen molar-refractivity contribution in [3.05, 3.63) is 29.8 Å². The van der Waals surface area contributed by atoms with Crippen LogP contribution in [0.2, 0.25) is 0 Å². The highest BCUT2D eigenvalue weighted by Crippen LogP contribution is 2.25. The van der Waals surface area contributed by atoms with Crippen molar-refractivity contribution in [2.24, 2.45) is 0 Å². The Bertz CT molecular complexity index is 301. The van der Waals surface area contributed by atoms with Crippen LogP contribution in [0.4, 0.5) is 0 Å². The molecule has 2 rings (SSSR count). The van der Waals surface area contributed by atoms with Gasteiger partial charge in [-0.1, -0.05) is 12.1 Å². The number of hydrogen-bond donors (Lipinski definition) is 0. The maximum atomic E-state index is 5.16. The lowest BCUT2D eigenvalue weighted by Gasteiger charge is -2.24. The molecule has 0 radical (unpaired) electrons. The molecule has 0 aromatic heterocycles. The Kier molecular flexibility index (Phi) is 3.27. The second-order valence-corrected chi connectivity index (χ2v) is 4.19. The zero-order valence-corrected chi connectivity index (χ0v) is 9.57. The Hall–Kier alpha value is -1.02. The van der Waals surface area contributed by atoms with E-state index < -0.39 is 0 Å². The van der Waals surface area contributed by atoms with Gasteiger partial charge in [-0.3, -0.25) is 4.90 Å². The van der Waals surface area contributed by atoms with Crippen LogP contribution >= 0.6 is 0 Å². The van der Waals surface area contributed by atoms with Crippen molar-refractivity contribution in [1.82, 2.24) is 4.90 Å². The van der Waals surface area contributed by atoms with Crippen molar-refractivity contribution < 1.29 is 4.74 Å². The van der Waals surface area contributed by atoms with Crippen LogP contribution in [0.25, 0.3) is 0 Å². The minimum atomic E-state index is 0.540. The third kappa shape index (κ3) is 2.32. The molecule has 1 aliphatic rings. The van der Waals surface area contributed by atoms with E-state index in [0.29, 0.717) is 6.04 Å². The number of methoxy groups -OCH3 is 1. The van der Waals surface area contributed by atoms with Crippen LogP contribution in [-0.2, 0) is 0 Å². The first-order valence-corrected chi connectivity index (χ1v) is 5.69. The Labute approximate surface area is 91.9 Å². The molecule has 1 heterocycles. The number of nitrogens with zero attached hydrogens (tertiary/aromatic N) is 1. The fourth-order valence-corrected chi connectivity index (χ4v) is 2.22. The summed E-state index contributed by atoms with van der Waals surface area (Å²) in [4.78, 5) is 2.54. The van der Waals surface area contributed by atoms with Crippen molar-refractivity contribution >= 4 is 0 Å². The molecule has 1 saturated heterocycles. The van der Waals surface area contributed by atoms with Crippen molar-refractivity contribution in [2.45, 2.75) is 25.8 Å².